The van der Waals surface area contributed by atoms with Crippen LogP contribution in [0.25, 0.3) is 0 Å². The minimum Gasteiger partial charge on any atom is -0.497 e. The molecule has 8 heteroatoms. The summed E-state index contributed by atoms with van der Waals surface area (Å²) < 4.78 is 12.5. The van der Waals surface area contributed by atoms with Gasteiger partial charge in [0.2, 0.25) is 0 Å². The van der Waals surface area contributed by atoms with E-state index in [1.807, 2.05) is 4.68 Å². The Labute approximate surface area is 164 Å². The Bertz CT molecular complexity index is 887. The van der Waals surface area contributed by atoms with E-state index in [9.17, 15) is 10.1 Å². The predicted octanol–water partition coefficient (Wildman–Crippen LogP) is 2.07. The third-order valence-corrected chi connectivity index (χ3v) is 5.05. The molecule has 28 heavy (non-hydrogen) atoms. The fourth-order valence-electron chi connectivity index (χ4n) is 3.70. The summed E-state index contributed by atoms with van der Waals surface area (Å²) >= 11 is 0. The topological polar surface area (TPSA) is 101 Å². The number of benzene rings is 1. The number of hydrogen-bond donors (Lipinski definition) is 2. The summed E-state index contributed by atoms with van der Waals surface area (Å²) in [5.41, 5.74) is 1.51. The van der Waals surface area contributed by atoms with E-state index in [2.05, 4.69) is 16.7 Å². The van der Waals surface area contributed by atoms with Crippen LogP contribution in [-0.2, 0) is 4.79 Å². The van der Waals surface area contributed by atoms with Crippen molar-refractivity contribution in [1.29, 1.82) is 5.26 Å². The average Bonchev–Trinajstić information content (AvgIpc) is 3.34. The van der Waals surface area contributed by atoms with Gasteiger partial charge in [-0.25, -0.2) is 4.68 Å². The van der Waals surface area contributed by atoms with Gasteiger partial charge in [0.1, 0.15) is 34.7 Å². The van der Waals surface area contributed by atoms with Gasteiger partial charge in [0, 0.05) is 19.7 Å². The number of hydrogen-bond acceptors (Lipinski definition) is 7. The van der Waals surface area contributed by atoms with Gasteiger partial charge >= 0.3 is 0 Å². The molecule has 1 aliphatic heterocycles. The van der Waals surface area contributed by atoms with E-state index in [-0.39, 0.29) is 11.8 Å². The van der Waals surface area contributed by atoms with Gasteiger partial charge in [-0.2, -0.15) is 10.4 Å². The minimum atomic E-state index is -0.693. The zero-order valence-electron chi connectivity index (χ0n) is 16.6. The molecule has 0 saturated carbocycles. The van der Waals surface area contributed by atoms with Crippen molar-refractivity contribution in [3.63, 3.8) is 0 Å². The maximum Gasteiger partial charge on any atom is 0.143 e. The van der Waals surface area contributed by atoms with Crippen LogP contribution in [0.1, 0.15) is 42.1 Å². The summed E-state index contributed by atoms with van der Waals surface area (Å²) in [4.78, 5) is 12.7. The molecule has 1 fully saturated rings. The molecule has 2 heterocycles. The Morgan fingerprint density at radius 1 is 1.36 bits per heavy atom. The molecule has 0 radical (unpaired) electrons. The van der Waals surface area contributed by atoms with Gasteiger partial charge in [0.25, 0.3) is 0 Å². The largest absolute Gasteiger partial charge is 0.497 e. The lowest BCUT2D eigenvalue weighted by Gasteiger charge is -2.15. The van der Waals surface area contributed by atoms with Gasteiger partial charge in [-0.1, -0.05) is 0 Å². The SMILES string of the molecule is CNc1c(C#N)c(C(C(C)=O)c2cc(OC)cc(OC)c2)nn1C1CCNC1. The van der Waals surface area contributed by atoms with E-state index in [1.165, 1.54) is 6.92 Å². The van der Waals surface area contributed by atoms with Gasteiger partial charge < -0.3 is 20.1 Å². The smallest absolute Gasteiger partial charge is 0.143 e. The molecule has 0 spiro atoms. The standard InChI is InChI=1S/C20H25N5O3/c1-12(26)18(13-7-15(27-3)9-16(8-13)28-4)19-17(10-21)20(22-2)25(24-19)14-5-6-23-11-14/h7-9,14,18,22-23H,5-6,11H2,1-4H3. The van der Waals surface area contributed by atoms with Crippen molar-refractivity contribution in [1.82, 2.24) is 15.1 Å². The van der Waals surface area contributed by atoms with Gasteiger partial charge in [0.05, 0.1) is 31.9 Å². The molecular weight excluding hydrogens is 358 g/mol. The van der Waals surface area contributed by atoms with E-state index in [0.29, 0.717) is 34.1 Å². The third kappa shape index (κ3) is 3.53. The Kier molecular flexibility index (Phi) is 5.85. The number of methoxy groups -OCH3 is 2. The van der Waals surface area contributed by atoms with Crippen LogP contribution in [-0.4, -0.2) is 49.9 Å². The number of ketones is 1. The molecule has 8 nitrogen and oxygen atoms in total. The number of nitriles is 1. The second-order valence-electron chi connectivity index (χ2n) is 6.75. The van der Waals surface area contributed by atoms with Crippen LogP contribution in [0.3, 0.4) is 0 Å². The van der Waals surface area contributed by atoms with Gasteiger partial charge in [-0.05, 0) is 37.6 Å². The number of Topliss-reactive ketones (excluding diaryl/α,β-unsaturated/α-hetero) is 1. The normalized spacial score (nSPS) is 17.0. The van der Waals surface area contributed by atoms with Crippen LogP contribution in [0, 0.1) is 11.3 Å². The van der Waals surface area contributed by atoms with Gasteiger partial charge in [-0.3, -0.25) is 4.79 Å². The zero-order chi connectivity index (χ0) is 20.3. The predicted molar refractivity (Wildman–Crippen MR) is 105 cm³/mol. The van der Waals surface area contributed by atoms with Crippen LogP contribution in [0.4, 0.5) is 5.82 Å². The molecule has 0 amide bonds. The van der Waals surface area contributed by atoms with E-state index >= 15 is 0 Å². The monoisotopic (exact) mass is 383 g/mol. The zero-order valence-corrected chi connectivity index (χ0v) is 16.6. The molecule has 3 rings (SSSR count). The molecule has 2 unspecified atom stereocenters. The van der Waals surface area contributed by atoms with Crippen molar-refractivity contribution in [2.45, 2.75) is 25.3 Å². The molecule has 1 aromatic heterocycles. The number of ether oxygens (including phenoxy) is 2. The van der Waals surface area contributed by atoms with Crippen molar-refractivity contribution in [2.75, 3.05) is 39.7 Å². The molecule has 148 valence electrons. The Balaban J connectivity index is 2.18. The number of nitrogens with zero attached hydrogens (tertiary/aromatic N) is 3. The molecule has 2 aromatic rings. The maximum atomic E-state index is 12.7. The van der Waals surface area contributed by atoms with Gasteiger partial charge in [0.15, 0.2) is 0 Å². The number of aromatic nitrogens is 2. The number of carbonyl (C=O) groups is 1. The fraction of sp³-hybridized carbons (Fsp3) is 0.450. The number of anilines is 1. The molecule has 2 atom stereocenters. The summed E-state index contributed by atoms with van der Waals surface area (Å²) in [6.07, 6.45) is 0.915. The second-order valence-corrected chi connectivity index (χ2v) is 6.75. The van der Waals surface area contributed by atoms with E-state index in [0.717, 1.165) is 19.5 Å². The highest BCUT2D eigenvalue weighted by atomic mass is 16.5. The number of carbonyl (C=O) groups excluding carboxylic acids is 1. The molecule has 1 aliphatic rings. The first kappa shape index (κ1) is 19.7. The van der Waals surface area contributed by atoms with Crippen molar-refractivity contribution in [2.24, 2.45) is 0 Å². The molecule has 1 saturated heterocycles. The quantitative estimate of drug-likeness (QED) is 0.755. The van der Waals surface area contributed by atoms with E-state index in [4.69, 9.17) is 14.6 Å². The Morgan fingerprint density at radius 3 is 2.50 bits per heavy atom. The fourth-order valence-corrected chi connectivity index (χ4v) is 3.70. The van der Waals surface area contributed by atoms with Gasteiger partial charge in [-0.15, -0.1) is 0 Å². The summed E-state index contributed by atoms with van der Waals surface area (Å²) in [5.74, 6) is 0.983. The second kappa shape index (κ2) is 8.31. The Morgan fingerprint density at radius 2 is 2.04 bits per heavy atom. The first-order valence-corrected chi connectivity index (χ1v) is 9.18. The molecule has 0 bridgehead atoms. The first-order chi connectivity index (χ1) is 13.5. The van der Waals surface area contributed by atoms with Crippen LogP contribution in [0.5, 0.6) is 11.5 Å². The van der Waals surface area contributed by atoms with Crippen molar-refractivity contribution < 1.29 is 14.3 Å². The van der Waals surface area contributed by atoms with E-state index in [1.54, 1.807) is 39.5 Å². The molecular formula is C20H25N5O3. The van der Waals surface area contributed by atoms with Crippen LogP contribution < -0.4 is 20.1 Å². The summed E-state index contributed by atoms with van der Waals surface area (Å²) in [6, 6.07) is 7.68. The highest BCUT2D eigenvalue weighted by molar-refractivity contribution is 5.88. The Hall–Kier alpha value is -3.05. The molecule has 2 N–H and O–H groups in total. The summed E-state index contributed by atoms with van der Waals surface area (Å²) in [6.45, 7) is 3.18. The summed E-state index contributed by atoms with van der Waals surface area (Å²) in [5, 5.41) is 21.0. The first-order valence-electron chi connectivity index (χ1n) is 9.18. The highest BCUT2D eigenvalue weighted by Crippen LogP contribution is 2.36. The van der Waals surface area contributed by atoms with Crippen molar-refractivity contribution in [3.8, 4) is 17.6 Å². The van der Waals surface area contributed by atoms with Crippen molar-refractivity contribution >= 4 is 11.6 Å². The number of rotatable bonds is 7. The van der Waals surface area contributed by atoms with Crippen LogP contribution in [0.15, 0.2) is 18.2 Å². The van der Waals surface area contributed by atoms with Crippen LogP contribution >= 0.6 is 0 Å². The minimum absolute atomic E-state index is 0.108. The maximum absolute atomic E-state index is 12.7. The van der Waals surface area contributed by atoms with Crippen molar-refractivity contribution in [3.05, 3.63) is 35.0 Å². The molecule has 0 aliphatic carbocycles. The highest BCUT2D eigenvalue weighted by Gasteiger charge is 2.32. The summed E-state index contributed by atoms with van der Waals surface area (Å²) in [7, 11) is 4.88. The van der Waals surface area contributed by atoms with E-state index < -0.39 is 5.92 Å². The lowest BCUT2D eigenvalue weighted by molar-refractivity contribution is -0.117. The van der Waals surface area contributed by atoms with Crippen LogP contribution in [0.2, 0.25) is 0 Å². The average molecular weight is 383 g/mol. The lowest BCUT2D eigenvalue weighted by Crippen LogP contribution is -2.17. The molecule has 1 aromatic carbocycles. The lowest BCUT2D eigenvalue weighted by atomic mass is 9.90. The number of nitrogens with one attached hydrogen (secondary N) is 2. The third-order valence-electron chi connectivity index (χ3n) is 5.05.